The Morgan fingerprint density at radius 3 is 2.67 bits per heavy atom. The molecular weight excluding hydrogens is 260 g/mol. The van der Waals surface area contributed by atoms with Gasteiger partial charge in [-0.05, 0) is 63.3 Å². The molecule has 122 valence electrons. The summed E-state index contributed by atoms with van der Waals surface area (Å²) in [5.41, 5.74) is -0.0165. The van der Waals surface area contributed by atoms with Crippen LogP contribution in [0.4, 0.5) is 0 Å². The van der Waals surface area contributed by atoms with Crippen LogP contribution in [0.5, 0.6) is 0 Å². The monoisotopic (exact) mass is 294 g/mol. The van der Waals surface area contributed by atoms with Gasteiger partial charge in [-0.1, -0.05) is 19.8 Å². The Morgan fingerprint density at radius 1 is 1.19 bits per heavy atom. The zero-order valence-corrected chi connectivity index (χ0v) is 14.0. The van der Waals surface area contributed by atoms with E-state index in [0.29, 0.717) is 5.41 Å². The van der Waals surface area contributed by atoms with Gasteiger partial charge in [0.15, 0.2) is 0 Å². The highest BCUT2D eigenvalue weighted by molar-refractivity contribution is 4.94. The van der Waals surface area contributed by atoms with Gasteiger partial charge >= 0.3 is 0 Å². The molecular formula is C18H34N2O. The number of rotatable bonds is 5. The van der Waals surface area contributed by atoms with Crippen molar-refractivity contribution in [2.24, 2.45) is 11.3 Å². The van der Waals surface area contributed by atoms with Crippen molar-refractivity contribution in [3.63, 3.8) is 0 Å². The lowest BCUT2D eigenvalue weighted by Crippen LogP contribution is -2.53. The number of likely N-dealkylation sites (tertiary alicyclic amines) is 1. The van der Waals surface area contributed by atoms with Crippen LogP contribution in [0.3, 0.4) is 0 Å². The van der Waals surface area contributed by atoms with Crippen LogP contribution in [0.15, 0.2) is 0 Å². The Hall–Kier alpha value is -0.120. The van der Waals surface area contributed by atoms with Crippen LogP contribution in [-0.2, 0) is 0 Å². The van der Waals surface area contributed by atoms with Gasteiger partial charge in [-0.2, -0.15) is 0 Å². The molecule has 3 rings (SSSR count). The standard InChI is InChI=1S/C18H34N2O/c1-15-5-3-9-18(11-15,12-19-16-6-7-16)14-20-10-4-8-17(2,21)13-20/h15-16,19,21H,3-14H2,1-2H3. The van der Waals surface area contributed by atoms with Crippen molar-refractivity contribution >= 4 is 0 Å². The van der Waals surface area contributed by atoms with Crippen molar-refractivity contribution < 1.29 is 5.11 Å². The molecule has 2 saturated carbocycles. The maximum Gasteiger partial charge on any atom is 0.0746 e. The minimum atomic E-state index is -0.469. The van der Waals surface area contributed by atoms with Crippen molar-refractivity contribution in [3.8, 4) is 0 Å². The van der Waals surface area contributed by atoms with E-state index in [9.17, 15) is 5.11 Å². The predicted molar refractivity (Wildman–Crippen MR) is 87.4 cm³/mol. The highest BCUT2D eigenvalue weighted by Crippen LogP contribution is 2.41. The fourth-order valence-corrected chi connectivity index (χ4v) is 4.71. The SMILES string of the molecule is CC1CCCC(CNC2CC2)(CN2CCCC(C)(O)C2)C1. The molecule has 0 aromatic rings. The summed E-state index contributed by atoms with van der Waals surface area (Å²) in [4.78, 5) is 2.55. The second-order valence-corrected chi connectivity index (χ2v) is 8.67. The van der Waals surface area contributed by atoms with Crippen molar-refractivity contribution in [2.75, 3.05) is 26.2 Å². The minimum absolute atomic E-state index is 0.452. The van der Waals surface area contributed by atoms with E-state index in [4.69, 9.17) is 0 Å². The van der Waals surface area contributed by atoms with Gasteiger partial charge in [0.25, 0.3) is 0 Å². The fraction of sp³-hybridized carbons (Fsp3) is 1.00. The summed E-state index contributed by atoms with van der Waals surface area (Å²) in [5.74, 6) is 0.866. The van der Waals surface area contributed by atoms with E-state index >= 15 is 0 Å². The van der Waals surface area contributed by atoms with Crippen molar-refractivity contribution in [3.05, 3.63) is 0 Å². The lowest BCUT2D eigenvalue weighted by molar-refractivity contribution is -0.0355. The fourth-order valence-electron chi connectivity index (χ4n) is 4.71. The Morgan fingerprint density at radius 2 is 2.00 bits per heavy atom. The molecule has 0 radical (unpaired) electrons. The number of nitrogens with one attached hydrogen (secondary N) is 1. The molecule has 3 atom stereocenters. The van der Waals surface area contributed by atoms with Gasteiger partial charge in [-0.3, -0.25) is 4.90 Å². The summed E-state index contributed by atoms with van der Waals surface area (Å²) in [6, 6.07) is 0.809. The molecule has 3 heteroatoms. The molecule has 0 bridgehead atoms. The number of β-amino-alcohol motifs (C(OH)–C–C–N with tert-alkyl or cyclic N) is 1. The topological polar surface area (TPSA) is 35.5 Å². The second-order valence-electron chi connectivity index (χ2n) is 8.67. The molecule has 2 aliphatic carbocycles. The van der Waals surface area contributed by atoms with Crippen LogP contribution in [0.1, 0.15) is 65.2 Å². The molecule has 2 N–H and O–H groups in total. The smallest absolute Gasteiger partial charge is 0.0746 e. The molecule has 3 aliphatic rings. The Labute approximate surface area is 130 Å². The van der Waals surface area contributed by atoms with Crippen LogP contribution in [0, 0.1) is 11.3 Å². The molecule has 1 aliphatic heterocycles. The molecule has 3 nitrogen and oxygen atoms in total. The van der Waals surface area contributed by atoms with Gasteiger partial charge < -0.3 is 10.4 Å². The van der Waals surface area contributed by atoms with Gasteiger partial charge in [-0.15, -0.1) is 0 Å². The van der Waals surface area contributed by atoms with Gasteiger partial charge in [-0.25, -0.2) is 0 Å². The van der Waals surface area contributed by atoms with E-state index in [0.717, 1.165) is 31.3 Å². The number of hydrogen-bond donors (Lipinski definition) is 2. The third kappa shape index (κ3) is 4.43. The lowest BCUT2D eigenvalue weighted by Gasteiger charge is -2.46. The normalized spacial score (nSPS) is 42.1. The summed E-state index contributed by atoms with van der Waals surface area (Å²) in [6.45, 7) is 8.87. The largest absolute Gasteiger partial charge is 0.389 e. The average molecular weight is 294 g/mol. The number of nitrogens with zero attached hydrogens (tertiary/aromatic N) is 1. The maximum absolute atomic E-state index is 10.4. The molecule has 3 unspecified atom stereocenters. The van der Waals surface area contributed by atoms with E-state index in [-0.39, 0.29) is 0 Å². The van der Waals surface area contributed by atoms with E-state index in [1.165, 1.54) is 58.2 Å². The summed E-state index contributed by atoms with van der Waals surface area (Å²) < 4.78 is 0. The first-order valence-electron chi connectivity index (χ1n) is 9.15. The lowest BCUT2D eigenvalue weighted by atomic mass is 9.69. The highest BCUT2D eigenvalue weighted by atomic mass is 16.3. The summed E-state index contributed by atoms with van der Waals surface area (Å²) in [7, 11) is 0. The van der Waals surface area contributed by atoms with E-state index in [1.807, 2.05) is 6.92 Å². The molecule has 0 aromatic heterocycles. The molecule has 1 saturated heterocycles. The Bertz CT molecular complexity index is 353. The first-order chi connectivity index (χ1) is 9.96. The molecule has 1 heterocycles. The first-order valence-corrected chi connectivity index (χ1v) is 9.15. The molecule has 3 fully saturated rings. The van der Waals surface area contributed by atoms with Crippen LogP contribution in [-0.4, -0.2) is 47.8 Å². The molecule has 0 amide bonds. The zero-order chi connectivity index (χ0) is 14.9. The summed E-state index contributed by atoms with van der Waals surface area (Å²) in [6.07, 6.45) is 10.4. The summed E-state index contributed by atoms with van der Waals surface area (Å²) >= 11 is 0. The zero-order valence-electron chi connectivity index (χ0n) is 14.0. The van der Waals surface area contributed by atoms with Gasteiger partial charge in [0.1, 0.15) is 0 Å². The predicted octanol–water partition coefficient (Wildman–Crippen LogP) is 2.78. The van der Waals surface area contributed by atoms with Crippen molar-refractivity contribution in [2.45, 2.75) is 76.9 Å². The number of piperidine rings is 1. The van der Waals surface area contributed by atoms with Crippen molar-refractivity contribution in [1.29, 1.82) is 0 Å². The number of hydrogen-bond acceptors (Lipinski definition) is 3. The molecule has 0 spiro atoms. The number of aliphatic hydroxyl groups is 1. The molecule has 21 heavy (non-hydrogen) atoms. The minimum Gasteiger partial charge on any atom is -0.389 e. The Kier molecular flexibility index (Phi) is 4.63. The van der Waals surface area contributed by atoms with Gasteiger partial charge in [0.2, 0.25) is 0 Å². The van der Waals surface area contributed by atoms with Gasteiger partial charge in [0, 0.05) is 25.7 Å². The van der Waals surface area contributed by atoms with Crippen LogP contribution in [0.2, 0.25) is 0 Å². The third-order valence-corrected chi connectivity index (χ3v) is 5.84. The quantitative estimate of drug-likeness (QED) is 0.818. The average Bonchev–Trinajstić information content (AvgIpc) is 3.19. The second kappa shape index (κ2) is 6.17. The van der Waals surface area contributed by atoms with Gasteiger partial charge in [0.05, 0.1) is 5.60 Å². The van der Waals surface area contributed by atoms with Crippen LogP contribution in [0.25, 0.3) is 0 Å². The van der Waals surface area contributed by atoms with Crippen molar-refractivity contribution in [1.82, 2.24) is 10.2 Å². The highest BCUT2D eigenvalue weighted by Gasteiger charge is 2.39. The van der Waals surface area contributed by atoms with E-state index < -0.39 is 5.60 Å². The summed E-state index contributed by atoms with van der Waals surface area (Å²) in [5, 5.41) is 14.2. The van der Waals surface area contributed by atoms with E-state index in [1.54, 1.807) is 0 Å². The van der Waals surface area contributed by atoms with Crippen LogP contribution >= 0.6 is 0 Å². The maximum atomic E-state index is 10.4. The first kappa shape index (κ1) is 15.8. The molecule has 0 aromatic carbocycles. The van der Waals surface area contributed by atoms with Crippen LogP contribution < -0.4 is 5.32 Å². The van der Waals surface area contributed by atoms with E-state index in [2.05, 4.69) is 17.1 Å². The Balaban J connectivity index is 1.62. The third-order valence-electron chi connectivity index (χ3n) is 5.84.